The van der Waals surface area contributed by atoms with Crippen LogP contribution in [-0.2, 0) is 0 Å². The van der Waals surface area contributed by atoms with Gasteiger partial charge in [-0.2, -0.15) is 0 Å². The maximum Gasteiger partial charge on any atom is -0.0385 e. The van der Waals surface area contributed by atoms with E-state index in [1.54, 1.807) is 0 Å². The van der Waals surface area contributed by atoms with E-state index < -0.39 is 0 Å². The minimum Gasteiger partial charge on any atom is -0.0651 e. The maximum atomic E-state index is 2.24. The second-order valence-corrected chi connectivity index (χ2v) is 7.20. The molecule has 0 spiro atoms. The molecule has 0 saturated carbocycles. The van der Waals surface area contributed by atoms with Crippen LogP contribution in [0.3, 0.4) is 0 Å². The van der Waals surface area contributed by atoms with Crippen LogP contribution >= 0.6 is 0 Å². The highest BCUT2D eigenvalue weighted by atomic mass is 14.1. The molecule has 0 unspecified atom stereocenters. The van der Waals surface area contributed by atoms with E-state index in [0.29, 0.717) is 5.41 Å². The van der Waals surface area contributed by atoms with Gasteiger partial charge >= 0.3 is 0 Å². The lowest BCUT2D eigenvalue weighted by Gasteiger charge is -2.12. The third-order valence-corrected chi connectivity index (χ3v) is 3.21. The SMILES string of the molecule is CC(C)C(C)C.CCC(C)(C)C.CCC(C)C. The first-order valence-electron chi connectivity index (χ1n) is 7.47. The summed E-state index contributed by atoms with van der Waals surface area (Å²) >= 11 is 0. The monoisotopic (exact) mass is 244 g/mol. The van der Waals surface area contributed by atoms with Crippen LogP contribution < -0.4 is 0 Å². The zero-order chi connectivity index (χ0) is 14.6. The number of hydrogen-bond acceptors (Lipinski definition) is 0. The van der Waals surface area contributed by atoms with E-state index >= 15 is 0 Å². The van der Waals surface area contributed by atoms with Crippen LogP contribution in [-0.4, -0.2) is 0 Å². The van der Waals surface area contributed by atoms with E-state index in [4.69, 9.17) is 0 Å². The molecule has 0 radical (unpaired) electrons. The van der Waals surface area contributed by atoms with Crippen LogP contribution in [0.5, 0.6) is 0 Å². The quantitative estimate of drug-likeness (QED) is 0.501. The van der Waals surface area contributed by atoms with E-state index in [0.717, 1.165) is 17.8 Å². The molecule has 0 amide bonds. The summed E-state index contributed by atoms with van der Waals surface area (Å²) in [5, 5.41) is 0. The Bertz CT molecular complexity index is 117. The van der Waals surface area contributed by atoms with Crippen molar-refractivity contribution in [2.24, 2.45) is 23.2 Å². The van der Waals surface area contributed by atoms with Gasteiger partial charge in [0, 0.05) is 0 Å². The molecule has 17 heavy (non-hydrogen) atoms. The van der Waals surface area contributed by atoms with Gasteiger partial charge in [-0.15, -0.1) is 0 Å². The molecule has 0 aliphatic heterocycles. The van der Waals surface area contributed by atoms with Gasteiger partial charge in [0.15, 0.2) is 0 Å². The molecular formula is C17H40. The Kier molecular flexibility index (Phi) is 16.3. The molecule has 0 bridgehead atoms. The molecule has 0 heteroatoms. The van der Waals surface area contributed by atoms with Gasteiger partial charge in [-0.1, -0.05) is 89.0 Å². The number of hydrogen-bond donors (Lipinski definition) is 0. The minimum atomic E-state index is 0.542. The van der Waals surface area contributed by atoms with E-state index in [1.165, 1.54) is 12.8 Å². The fourth-order valence-corrected chi connectivity index (χ4v) is 0. The normalized spacial score (nSPS) is 10.9. The van der Waals surface area contributed by atoms with Crippen molar-refractivity contribution in [3.05, 3.63) is 0 Å². The summed E-state index contributed by atoms with van der Waals surface area (Å²) in [6.45, 7) is 24.5. The Hall–Kier alpha value is 0. The first-order chi connectivity index (χ1) is 7.47. The molecule has 0 saturated heterocycles. The van der Waals surface area contributed by atoms with Gasteiger partial charge in [-0.25, -0.2) is 0 Å². The van der Waals surface area contributed by atoms with E-state index in [-0.39, 0.29) is 0 Å². The van der Waals surface area contributed by atoms with Crippen molar-refractivity contribution in [1.82, 2.24) is 0 Å². The molecule has 0 atom stereocenters. The van der Waals surface area contributed by atoms with Crippen LogP contribution in [0.15, 0.2) is 0 Å². The lowest BCUT2D eigenvalue weighted by molar-refractivity contribution is 0.398. The Morgan fingerprint density at radius 2 is 0.882 bits per heavy atom. The molecule has 0 aromatic rings. The Labute approximate surface area is 113 Å². The van der Waals surface area contributed by atoms with Gasteiger partial charge in [0.05, 0.1) is 0 Å². The smallest absolute Gasteiger partial charge is 0.0385 e. The zero-order valence-corrected chi connectivity index (χ0v) is 14.6. The maximum absolute atomic E-state index is 2.24. The third kappa shape index (κ3) is 38.7. The summed E-state index contributed by atoms with van der Waals surface area (Å²) in [5.41, 5.74) is 0.542. The summed E-state index contributed by atoms with van der Waals surface area (Å²) in [6, 6.07) is 0. The fraction of sp³-hybridized carbons (Fsp3) is 1.00. The van der Waals surface area contributed by atoms with Crippen molar-refractivity contribution in [1.29, 1.82) is 0 Å². The predicted molar refractivity (Wildman–Crippen MR) is 84.6 cm³/mol. The summed E-state index contributed by atoms with van der Waals surface area (Å²) in [6.07, 6.45) is 2.58. The van der Waals surface area contributed by atoms with Gasteiger partial charge < -0.3 is 0 Å². The topological polar surface area (TPSA) is 0 Å². The molecular weight excluding hydrogens is 204 g/mol. The second-order valence-electron chi connectivity index (χ2n) is 7.20. The van der Waals surface area contributed by atoms with Crippen molar-refractivity contribution < 1.29 is 0 Å². The fourth-order valence-electron chi connectivity index (χ4n) is 0. The van der Waals surface area contributed by atoms with Gasteiger partial charge in [-0.3, -0.25) is 0 Å². The molecule has 0 heterocycles. The van der Waals surface area contributed by atoms with E-state index in [9.17, 15) is 0 Å². The summed E-state index contributed by atoms with van der Waals surface area (Å²) in [5.74, 6) is 2.59. The highest BCUT2D eigenvalue weighted by molar-refractivity contribution is 4.55. The molecule has 0 rings (SSSR count). The van der Waals surface area contributed by atoms with Gasteiger partial charge in [0.25, 0.3) is 0 Å². The van der Waals surface area contributed by atoms with Gasteiger partial charge in [0.2, 0.25) is 0 Å². The van der Waals surface area contributed by atoms with Crippen molar-refractivity contribution in [2.45, 2.75) is 89.0 Å². The Morgan fingerprint density at radius 3 is 0.882 bits per heavy atom. The molecule has 0 aliphatic carbocycles. The lowest BCUT2D eigenvalue weighted by Crippen LogP contribution is -2.00. The van der Waals surface area contributed by atoms with E-state index in [1.807, 2.05) is 0 Å². The molecule has 0 nitrogen and oxygen atoms in total. The summed E-state index contributed by atoms with van der Waals surface area (Å²) in [7, 11) is 0. The lowest BCUT2D eigenvalue weighted by atomic mass is 9.94. The average molecular weight is 245 g/mol. The van der Waals surface area contributed by atoms with Crippen molar-refractivity contribution in [3.8, 4) is 0 Å². The van der Waals surface area contributed by atoms with Crippen molar-refractivity contribution in [2.75, 3.05) is 0 Å². The second kappa shape index (κ2) is 12.5. The zero-order valence-electron chi connectivity index (χ0n) is 14.6. The average Bonchev–Trinajstić information content (AvgIpc) is 2.18. The molecule has 0 aliphatic rings. The standard InChI is InChI=1S/2C6H14.C5H12/c1-5-6(2,3)4;1-5(2)6(3)4;1-4-5(2)3/h5H2,1-4H3;5-6H,1-4H3;5H,4H2,1-3H3. The Morgan fingerprint density at radius 1 is 0.706 bits per heavy atom. The van der Waals surface area contributed by atoms with Crippen LogP contribution in [0.1, 0.15) is 89.0 Å². The summed E-state index contributed by atoms with van der Waals surface area (Å²) in [4.78, 5) is 0. The molecule has 0 fully saturated rings. The Balaban J connectivity index is -0.000000174. The van der Waals surface area contributed by atoms with Crippen molar-refractivity contribution >= 4 is 0 Å². The highest BCUT2D eigenvalue weighted by Crippen LogP contribution is 2.16. The predicted octanol–water partition coefficient (Wildman–Crippen LogP) is 6.79. The van der Waals surface area contributed by atoms with Crippen LogP contribution in [0.2, 0.25) is 0 Å². The first-order valence-corrected chi connectivity index (χ1v) is 7.47. The molecule has 0 N–H and O–H groups in total. The van der Waals surface area contributed by atoms with Crippen molar-refractivity contribution in [3.63, 3.8) is 0 Å². The largest absolute Gasteiger partial charge is 0.0651 e. The molecule has 108 valence electrons. The van der Waals surface area contributed by atoms with Crippen LogP contribution in [0.25, 0.3) is 0 Å². The van der Waals surface area contributed by atoms with E-state index in [2.05, 4.69) is 76.2 Å². The third-order valence-electron chi connectivity index (χ3n) is 3.21. The van der Waals surface area contributed by atoms with Crippen LogP contribution in [0, 0.1) is 23.2 Å². The number of rotatable bonds is 2. The van der Waals surface area contributed by atoms with Gasteiger partial charge in [0.1, 0.15) is 0 Å². The van der Waals surface area contributed by atoms with Crippen LogP contribution in [0.4, 0.5) is 0 Å². The molecule has 0 aromatic heterocycles. The highest BCUT2D eigenvalue weighted by Gasteiger charge is 2.03. The van der Waals surface area contributed by atoms with Gasteiger partial charge in [-0.05, 0) is 23.2 Å². The summed E-state index contributed by atoms with van der Waals surface area (Å²) < 4.78 is 0. The first kappa shape index (κ1) is 22.2. The molecule has 0 aromatic carbocycles. The minimum absolute atomic E-state index is 0.542.